The molecule has 0 saturated carbocycles. The van der Waals surface area contributed by atoms with Crippen molar-refractivity contribution in [3.8, 4) is 10.8 Å². The molecular weight excluding hydrogens is 308 g/mol. The van der Waals surface area contributed by atoms with Gasteiger partial charge in [0.2, 0.25) is 4.70 Å². The summed E-state index contributed by atoms with van der Waals surface area (Å²) >= 11 is 1.63. The van der Waals surface area contributed by atoms with Gasteiger partial charge in [-0.1, -0.05) is 0 Å². The summed E-state index contributed by atoms with van der Waals surface area (Å²) in [4.78, 5) is 0. The van der Waals surface area contributed by atoms with Crippen LogP contribution in [-0.2, 0) is 0 Å². The molecule has 1 aromatic heterocycles. The smallest absolute Gasteiger partial charge is 0.385 e. The second kappa shape index (κ2) is 6.98. The fraction of sp³-hybridized carbons (Fsp3) is 0.250. The van der Waals surface area contributed by atoms with Crippen molar-refractivity contribution in [3.63, 3.8) is 0 Å². The van der Waals surface area contributed by atoms with Crippen LogP contribution in [0.5, 0.6) is 10.8 Å². The van der Waals surface area contributed by atoms with Crippen molar-refractivity contribution in [2.45, 2.75) is 6.92 Å². The zero-order valence-corrected chi connectivity index (χ0v) is 12.6. The molecule has 0 saturated heterocycles. The normalized spacial score (nSPS) is 10.8. The van der Waals surface area contributed by atoms with Crippen LogP contribution in [0.3, 0.4) is 0 Å². The summed E-state index contributed by atoms with van der Waals surface area (Å²) in [6.07, 6.45) is 0. The van der Waals surface area contributed by atoms with Gasteiger partial charge >= 0.3 is 5.06 Å². The van der Waals surface area contributed by atoms with E-state index in [1.807, 2.05) is 12.1 Å². The Kier molecular flexibility index (Phi) is 5.88. The number of halogens is 1. The van der Waals surface area contributed by atoms with E-state index in [0.29, 0.717) is 0 Å². The molecule has 0 bridgehead atoms. The van der Waals surface area contributed by atoms with E-state index in [2.05, 4.69) is 19.1 Å². The highest BCUT2D eigenvalue weighted by molar-refractivity contribution is 7.20. The van der Waals surface area contributed by atoms with Crippen LogP contribution in [-0.4, -0.2) is 14.2 Å². The second-order valence-corrected chi connectivity index (χ2v) is 5.49. The van der Waals surface area contributed by atoms with Gasteiger partial charge in [0.1, 0.15) is 5.75 Å². The fourth-order valence-electron chi connectivity index (χ4n) is 1.53. The van der Waals surface area contributed by atoms with Crippen LogP contribution in [0, 0.1) is 17.2 Å². The van der Waals surface area contributed by atoms with E-state index in [0.717, 1.165) is 10.8 Å². The van der Waals surface area contributed by atoms with E-state index in [1.54, 1.807) is 25.6 Å². The molecule has 20 heavy (non-hydrogen) atoms. The van der Waals surface area contributed by atoms with Gasteiger partial charge in [-0.2, -0.15) is 0 Å². The first kappa shape index (κ1) is 16.8. The van der Waals surface area contributed by atoms with Crippen molar-refractivity contribution < 1.29 is 38.4 Å². The summed E-state index contributed by atoms with van der Waals surface area (Å²) in [7, 11) is -1.57. The average molecular weight is 321 g/mol. The Labute approximate surface area is 122 Å². The van der Waals surface area contributed by atoms with Gasteiger partial charge in [-0.05, 0) is 24.6 Å². The maximum Gasteiger partial charge on any atom is 0.385 e. The predicted molar refractivity (Wildman–Crippen MR) is 64.1 cm³/mol. The molecule has 0 amide bonds. The molecule has 1 aromatic carbocycles. The number of fused-ring (bicyclic) bond motifs is 1. The van der Waals surface area contributed by atoms with E-state index >= 15 is 0 Å². The third-order valence-electron chi connectivity index (χ3n) is 2.36. The second-order valence-electron chi connectivity index (χ2n) is 3.69. The third kappa shape index (κ3) is 5.41. The standard InChI is InChI=1S/C12H13O2S.ClHO4/c1-8-6-12(14-3)15-11-7-9(13-2)4-5-10(8)11;2-1(3,4)5/h4-7H,1-3H3;(H,2,3,4,5)/q+1;/p-1. The molecule has 0 unspecified atom stereocenters. The number of hydrogen-bond acceptors (Lipinski definition) is 6. The molecule has 2 rings (SSSR count). The summed E-state index contributed by atoms with van der Waals surface area (Å²) in [5, 5.41) is 2.18. The molecular formula is C12H13ClO6S. The lowest BCUT2D eigenvalue weighted by Crippen LogP contribution is -2.68. The molecule has 0 atom stereocenters. The van der Waals surface area contributed by atoms with Gasteiger partial charge in [-0.25, -0.2) is 18.6 Å². The Hall–Kier alpha value is -1.22. The number of rotatable bonds is 2. The van der Waals surface area contributed by atoms with Crippen LogP contribution >= 0.6 is 11.3 Å². The first-order valence-corrected chi connectivity index (χ1v) is 7.37. The predicted octanol–water partition coefficient (Wildman–Crippen LogP) is -1.25. The van der Waals surface area contributed by atoms with Crippen molar-refractivity contribution in [1.29, 1.82) is 0 Å². The SMILES string of the molecule is COc1ccc2c(C)cc(OC)[s+]c2c1.[O-][Cl+3]([O-])([O-])[O-]. The molecule has 0 N–H and O–H groups in total. The molecule has 110 valence electrons. The zero-order chi connectivity index (χ0) is 15.3. The van der Waals surface area contributed by atoms with E-state index in [9.17, 15) is 0 Å². The Morgan fingerprint density at radius 2 is 1.60 bits per heavy atom. The van der Waals surface area contributed by atoms with Gasteiger partial charge in [0.15, 0.2) is 0 Å². The van der Waals surface area contributed by atoms with E-state index in [1.165, 1.54) is 15.6 Å². The monoisotopic (exact) mass is 320 g/mol. The van der Waals surface area contributed by atoms with Gasteiger partial charge in [-0.15, -0.1) is 10.2 Å². The summed E-state index contributed by atoms with van der Waals surface area (Å²) < 4.78 is 45.6. The Morgan fingerprint density at radius 1 is 1.00 bits per heavy atom. The van der Waals surface area contributed by atoms with Gasteiger partial charge in [0.05, 0.1) is 14.2 Å². The van der Waals surface area contributed by atoms with Crippen LogP contribution in [0.15, 0.2) is 24.3 Å². The number of hydrogen-bond donors (Lipinski definition) is 0. The van der Waals surface area contributed by atoms with E-state index < -0.39 is 10.2 Å². The molecule has 6 nitrogen and oxygen atoms in total. The third-order valence-corrected chi connectivity index (χ3v) is 3.40. The van der Waals surface area contributed by atoms with Crippen LogP contribution in [0.1, 0.15) is 5.56 Å². The quantitative estimate of drug-likeness (QED) is 0.639. The van der Waals surface area contributed by atoms with Crippen LogP contribution in [0.2, 0.25) is 0 Å². The summed E-state index contributed by atoms with van der Waals surface area (Å²) in [6, 6.07) is 8.16. The molecule has 0 aliphatic heterocycles. The maximum absolute atomic E-state index is 8.49. The highest BCUT2D eigenvalue weighted by atomic mass is 35.7. The first-order chi connectivity index (χ1) is 9.24. The van der Waals surface area contributed by atoms with Crippen LogP contribution < -0.4 is 28.1 Å². The zero-order valence-electron chi connectivity index (χ0n) is 11.0. The first-order valence-electron chi connectivity index (χ1n) is 5.32. The van der Waals surface area contributed by atoms with Crippen molar-refractivity contribution >= 4 is 21.4 Å². The number of methoxy groups -OCH3 is 2. The lowest BCUT2D eigenvalue weighted by molar-refractivity contribution is -2.00. The van der Waals surface area contributed by atoms with Crippen LogP contribution in [0.25, 0.3) is 10.1 Å². The van der Waals surface area contributed by atoms with Crippen molar-refractivity contribution in [3.05, 3.63) is 29.8 Å². The highest BCUT2D eigenvalue weighted by Crippen LogP contribution is 2.32. The lowest BCUT2D eigenvalue weighted by Gasteiger charge is -2.17. The molecule has 1 heterocycles. The maximum atomic E-state index is 8.49. The topological polar surface area (TPSA) is 111 Å². The molecule has 0 fully saturated rings. The molecule has 8 heteroatoms. The van der Waals surface area contributed by atoms with Crippen LogP contribution in [0.4, 0.5) is 0 Å². The van der Waals surface area contributed by atoms with Gasteiger partial charge < -0.3 is 9.47 Å². The van der Waals surface area contributed by atoms with E-state index in [4.69, 9.17) is 28.1 Å². The summed E-state index contributed by atoms with van der Waals surface area (Å²) in [5.74, 6) is 0.881. The fourth-order valence-corrected chi connectivity index (χ4v) is 2.58. The minimum absolute atomic E-state index is 0.881. The molecule has 0 radical (unpaired) electrons. The highest BCUT2D eigenvalue weighted by Gasteiger charge is 2.14. The summed E-state index contributed by atoms with van der Waals surface area (Å²) in [5.41, 5.74) is 1.23. The lowest BCUT2D eigenvalue weighted by atomic mass is 10.1. The summed E-state index contributed by atoms with van der Waals surface area (Å²) in [6.45, 7) is 2.09. The number of benzene rings is 1. The van der Waals surface area contributed by atoms with Gasteiger partial charge in [0, 0.05) is 17.5 Å². The largest absolute Gasteiger partial charge is 0.497 e. The number of ether oxygens (including phenoxy) is 2. The minimum atomic E-state index is -4.94. The van der Waals surface area contributed by atoms with E-state index in [-0.39, 0.29) is 0 Å². The van der Waals surface area contributed by atoms with Crippen molar-refractivity contribution in [1.82, 2.24) is 0 Å². The Bertz CT molecular complexity index is 573. The Balaban J connectivity index is 0.000000347. The molecule has 2 aromatic rings. The average Bonchev–Trinajstić information content (AvgIpc) is 2.35. The van der Waals surface area contributed by atoms with Gasteiger partial charge in [0.25, 0.3) is 11.3 Å². The van der Waals surface area contributed by atoms with Gasteiger partial charge in [-0.3, -0.25) is 0 Å². The molecule has 0 spiro atoms. The van der Waals surface area contributed by atoms with Crippen molar-refractivity contribution in [2.24, 2.45) is 0 Å². The Morgan fingerprint density at radius 3 is 2.10 bits per heavy atom. The van der Waals surface area contributed by atoms with Crippen molar-refractivity contribution in [2.75, 3.05) is 14.2 Å². The number of aryl methyl sites for hydroxylation is 1. The molecule has 0 aliphatic rings. The minimum Gasteiger partial charge on any atom is -0.497 e. The molecule has 0 aliphatic carbocycles.